The number of benzene rings is 2. The Bertz CT molecular complexity index is 999. The Kier molecular flexibility index (Phi) is 3.65. The van der Waals surface area contributed by atoms with Crippen molar-refractivity contribution in [3.8, 4) is 5.75 Å². The molecule has 1 atom stereocenters. The van der Waals surface area contributed by atoms with Crippen LogP contribution in [-0.2, 0) is 4.79 Å². The Morgan fingerprint density at radius 2 is 1.88 bits per heavy atom. The average molecular weight is 332 g/mol. The molecular formula is C19H16N4O2. The summed E-state index contributed by atoms with van der Waals surface area (Å²) < 4.78 is 0. The van der Waals surface area contributed by atoms with E-state index in [1.165, 1.54) is 11.9 Å². The number of aromatic nitrogens is 2. The molecule has 6 heteroatoms. The third kappa shape index (κ3) is 2.71. The van der Waals surface area contributed by atoms with E-state index in [4.69, 9.17) is 0 Å². The highest BCUT2D eigenvalue weighted by molar-refractivity contribution is 6.05. The summed E-state index contributed by atoms with van der Waals surface area (Å²) in [5, 5.41) is 16.0. The van der Waals surface area contributed by atoms with Crippen LogP contribution in [0.2, 0.25) is 0 Å². The summed E-state index contributed by atoms with van der Waals surface area (Å²) in [6.07, 6.45) is 3.83. The lowest BCUT2D eigenvalue weighted by Crippen LogP contribution is -2.24. The largest absolute Gasteiger partial charge is 0.507 e. The molecule has 25 heavy (non-hydrogen) atoms. The number of phenolic OH excluding ortho intramolecular Hbond substituents is 1. The molecular weight excluding hydrogens is 316 g/mol. The molecule has 0 aliphatic carbocycles. The molecule has 0 saturated heterocycles. The van der Waals surface area contributed by atoms with Crippen LogP contribution in [0.4, 0.5) is 0 Å². The van der Waals surface area contributed by atoms with Crippen molar-refractivity contribution in [2.75, 3.05) is 0 Å². The molecule has 0 bridgehead atoms. The third-order valence-electron chi connectivity index (χ3n) is 4.33. The van der Waals surface area contributed by atoms with Crippen molar-refractivity contribution in [2.45, 2.75) is 19.4 Å². The van der Waals surface area contributed by atoms with Gasteiger partial charge < -0.3 is 5.11 Å². The van der Waals surface area contributed by atoms with Crippen LogP contribution in [0, 0.1) is 0 Å². The molecule has 2 heterocycles. The molecule has 1 aliphatic rings. The highest BCUT2D eigenvalue weighted by Crippen LogP contribution is 2.35. The molecule has 4 rings (SSSR count). The van der Waals surface area contributed by atoms with Gasteiger partial charge in [0.2, 0.25) is 5.91 Å². The van der Waals surface area contributed by atoms with E-state index in [9.17, 15) is 9.90 Å². The number of fused-ring (bicyclic) bond motifs is 1. The number of aromatic hydroxyl groups is 1. The van der Waals surface area contributed by atoms with E-state index in [-0.39, 0.29) is 17.7 Å². The van der Waals surface area contributed by atoms with E-state index in [0.717, 1.165) is 16.6 Å². The fourth-order valence-electron chi connectivity index (χ4n) is 3.13. The Hall–Kier alpha value is -3.28. The normalized spacial score (nSPS) is 16.9. The first-order valence-electron chi connectivity index (χ1n) is 8.00. The van der Waals surface area contributed by atoms with Crippen molar-refractivity contribution in [2.24, 2.45) is 5.10 Å². The van der Waals surface area contributed by atoms with Crippen LogP contribution in [0.3, 0.4) is 0 Å². The smallest absolute Gasteiger partial charge is 0.240 e. The molecule has 3 aromatic rings. The van der Waals surface area contributed by atoms with Gasteiger partial charge in [-0.2, -0.15) is 5.10 Å². The number of carbonyl (C=O) groups is 1. The summed E-state index contributed by atoms with van der Waals surface area (Å²) in [5.41, 5.74) is 3.87. The zero-order valence-corrected chi connectivity index (χ0v) is 13.6. The lowest BCUT2D eigenvalue weighted by Gasteiger charge is -2.20. The minimum atomic E-state index is -0.224. The van der Waals surface area contributed by atoms with Crippen molar-refractivity contribution < 1.29 is 9.90 Å². The monoisotopic (exact) mass is 332 g/mol. The van der Waals surface area contributed by atoms with E-state index in [1.54, 1.807) is 30.6 Å². The second-order valence-corrected chi connectivity index (χ2v) is 5.95. The van der Waals surface area contributed by atoms with Crippen molar-refractivity contribution >= 4 is 22.7 Å². The topological polar surface area (TPSA) is 78.7 Å². The molecule has 0 fully saturated rings. The lowest BCUT2D eigenvalue weighted by atomic mass is 9.97. The van der Waals surface area contributed by atoms with Crippen LogP contribution in [0.5, 0.6) is 5.75 Å². The Labute approximate surface area is 144 Å². The van der Waals surface area contributed by atoms with Crippen molar-refractivity contribution in [3.63, 3.8) is 0 Å². The number of carbonyl (C=O) groups excluding carboxylic acids is 1. The maximum Gasteiger partial charge on any atom is 0.240 e. The van der Waals surface area contributed by atoms with Gasteiger partial charge in [-0.15, -0.1) is 0 Å². The van der Waals surface area contributed by atoms with Gasteiger partial charge in [0.05, 0.1) is 22.8 Å². The van der Waals surface area contributed by atoms with Gasteiger partial charge in [0.25, 0.3) is 0 Å². The number of para-hydroxylation sites is 1. The first-order valence-corrected chi connectivity index (χ1v) is 8.00. The van der Waals surface area contributed by atoms with Gasteiger partial charge in [-0.1, -0.05) is 18.2 Å². The quantitative estimate of drug-likeness (QED) is 0.782. The Morgan fingerprint density at radius 1 is 1.12 bits per heavy atom. The Morgan fingerprint density at radius 3 is 2.64 bits per heavy atom. The minimum absolute atomic E-state index is 0.144. The summed E-state index contributed by atoms with van der Waals surface area (Å²) in [4.78, 5) is 20.7. The van der Waals surface area contributed by atoms with E-state index >= 15 is 0 Å². The SMILES string of the molecule is CC(=O)N1N=C(c2ccccc2O)CC1c1ccc2nccnc2c1. The fraction of sp³-hybridized carbons (Fsp3) is 0.158. The summed E-state index contributed by atoms with van der Waals surface area (Å²) in [6.45, 7) is 1.49. The second-order valence-electron chi connectivity index (χ2n) is 5.95. The highest BCUT2D eigenvalue weighted by Gasteiger charge is 2.32. The molecule has 0 radical (unpaired) electrons. The summed E-state index contributed by atoms with van der Waals surface area (Å²) in [7, 11) is 0. The standard InChI is InChI=1S/C19H16N4O2/c1-12(24)23-18(11-16(22-23)14-4-2-3-5-19(14)25)13-6-7-15-17(10-13)21-9-8-20-15/h2-10,18,25H,11H2,1H3. The summed E-state index contributed by atoms with van der Waals surface area (Å²) >= 11 is 0. The van der Waals surface area contributed by atoms with Gasteiger partial charge in [-0.3, -0.25) is 14.8 Å². The predicted octanol–water partition coefficient (Wildman–Crippen LogP) is 3.03. The van der Waals surface area contributed by atoms with Crippen LogP contribution in [0.1, 0.15) is 30.5 Å². The number of hydrazone groups is 1. The van der Waals surface area contributed by atoms with Gasteiger partial charge in [0.15, 0.2) is 0 Å². The average Bonchev–Trinajstić information content (AvgIpc) is 3.07. The Balaban J connectivity index is 1.74. The van der Waals surface area contributed by atoms with Crippen LogP contribution in [-0.4, -0.2) is 31.7 Å². The number of amides is 1. The van der Waals surface area contributed by atoms with E-state index in [2.05, 4.69) is 15.1 Å². The van der Waals surface area contributed by atoms with Gasteiger partial charge in [0, 0.05) is 31.3 Å². The van der Waals surface area contributed by atoms with Gasteiger partial charge in [-0.05, 0) is 29.8 Å². The molecule has 1 N–H and O–H groups in total. The maximum atomic E-state index is 12.1. The molecule has 2 aromatic carbocycles. The summed E-state index contributed by atoms with van der Waals surface area (Å²) in [6, 6.07) is 12.6. The van der Waals surface area contributed by atoms with Crippen LogP contribution in [0.25, 0.3) is 11.0 Å². The molecule has 0 spiro atoms. The number of rotatable bonds is 2. The predicted molar refractivity (Wildman–Crippen MR) is 94.1 cm³/mol. The van der Waals surface area contributed by atoms with E-state index in [1.807, 2.05) is 24.3 Å². The molecule has 124 valence electrons. The highest BCUT2D eigenvalue weighted by atomic mass is 16.3. The maximum absolute atomic E-state index is 12.1. The van der Waals surface area contributed by atoms with Crippen molar-refractivity contribution in [3.05, 3.63) is 66.0 Å². The van der Waals surface area contributed by atoms with Gasteiger partial charge in [0.1, 0.15) is 5.75 Å². The molecule has 1 aromatic heterocycles. The third-order valence-corrected chi connectivity index (χ3v) is 4.33. The lowest BCUT2D eigenvalue weighted by molar-refractivity contribution is -0.130. The van der Waals surface area contributed by atoms with Crippen LogP contribution in [0.15, 0.2) is 60.0 Å². The number of hydrogen-bond donors (Lipinski definition) is 1. The molecule has 1 unspecified atom stereocenters. The number of hydrogen-bond acceptors (Lipinski definition) is 5. The van der Waals surface area contributed by atoms with Gasteiger partial charge in [-0.25, -0.2) is 5.01 Å². The molecule has 1 aliphatic heterocycles. The summed E-state index contributed by atoms with van der Waals surface area (Å²) in [5.74, 6) is 0.0180. The zero-order valence-electron chi connectivity index (χ0n) is 13.6. The minimum Gasteiger partial charge on any atom is -0.507 e. The molecule has 6 nitrogen and oxygen atoms in total. The van der Waals surface area contributed by atoms with Crippen LogP contribution < -0.4 is 0 Å². The molecule has 0 saturated carbocycles. The fourth-order valence-corrected chi connectivity index (χ4v) is 3.13. The molecule has 1 amide bonds. The van der Waals surface area contributed by atoms with Crippen molar-refractivity contribution in [1.29, 1.82) is 0 Å². The van der Waals surface area contributed by atoms with Gasteiger partial charge >= 0.3 is 0 Å². The number of nitrogens with zero attached hydrogens (tertiary/aromatic N) is 4. The first kappa shape index (κ1) is 15.3. The van der Waals surface area contributed by atoms with E-state index in [0.29, 0.717) is 17.7 Å². The second kappa shape index (κ2) is 5.98. The van der Waals surface area contributed by atoms with Crippen molar-refractivity contribution in [1.82, 2.24) is 15.0 Å². The van der Waals surface area contributed by atoms with Crippen LogP contribution >= 0.6 is 0 Å². The van der Waals surface area contributed by atoms with E-state index < -0.39 is 0 Å². The first-order chi connectivity index (χ1) is 12.1. The number of phenols is 1. The zero-order chi connectivity index (χ0) is 17.4.